The SMILES string of the molecule is CCOC(=O)C(C)N(Cc1ccccc1)C(=O)c1ccc(Cl)cc1Cl. The monoisotopic (exact) mass is 379 g/mol. The zero-order valence-corrected chi connectivity index (χ0v) is 15.6. The lowest BCUT2D eigenvalue weighted by Crippen LogP contribution is -2.43. The summed E-state index contributed by atoms with van der Waals surface area (Å²) < 4.78 is 5.07. The van der Waals surface area contributed by atoms with Gasteiger partial charge in [-0.1, -0.05) is 53.5 Å². The minimum absolute atomic E-state index is 0.242. The molecular weight excluding hydrogens is 361 g/mol. The summed E-state index contributed by atoms with van der Waals surface area (Å²) in [6, 6.07) is 13.3. The Bertz CT molecular complexity index is 750. The summed E-state index contributed by atoms with van der Waals surface area (Å²) >= 11 is 12.1. The van der Waals surface area contributed by atoms with Crippen LogP contribution in [0, 0.1) is 0 Å². The lowest BCUT2D eigenvalue weighted by atomic mass is 10.1. The van der Waals surface area contributed by atoms with Crippen molar-refractivity contribution in [1.82, 2.24) is 4.90 Å². The van der Waals surface area contributed by atoms with Crippen molar-refractivity contribution in [2.75, 3.05) is 6.61 Å². The molecule has 132 valence electrons. The van der Waals surface area contributed by atoms with E-state index in [2.05, 4.69) is 0 Å². The van der Waals surface area contributed by atoms with E-state index in [-0.39, 0.29) is 29.6 Å². The first-order valence-corrected chi connectivity index (χ1v) is 8.66. The van der Waals surface area contributed by atoms with Crippen molar-refractivity contribution in [3.05, 3.63) is 69.7 Å². The molecule has 1 amide bonds. The van der Waals surface area contributed by atoms with Gasteiger partial charge in [-0.2, -0.15) is 0 Å². The molecule has 25 heavy (non-hydrogen) atoms. The van der Waals surface area contributed by atoms with Gasteiger partial charge in [0.05, 0.1) is 17.2 Å². The molecule has 0 aliphatic rings. The van der Waals surface area contributed by atoms with E-state index >= 15 is 0 Å². The van der Waals surface area contributed by atoms with Gasteiger partial charge in [0.2, 0.25) is 0 Å². The molecule has 0 aliphatic heterocycles. The van der Waals surface area contributed by atoms with Gasteiger partial charge in [-0.3, -0.25) is 4.79 Å². The Hall–Kier alpha value is -2.04. The number of benzene rings is 2. The summed E-state index contributed by atoms with van der Waals surface area (Å²) in [6.07, 6.45) is 0. The number of ether oxygens (including phenoxy) is 1. The first-order valence-electron chi connectivity index (χ1n) is 7.90. The lowest BCUT2D eigenvalue weighted by Gasteiger charge is -2.28. The summed E-state index contributed by atoms with van der Waals surface area (Å²) in [4.78, 5) is 26.6. The standard InChI is InChI=1S/C19H19Cl2NO3/c1-3-25-19(24)13(2)22(12-14-7-5-4-6-8-14)18(23)16-10-9-15(20)11-17(16)21/h4-11,13H,3,12H2,1-2H3. The van der Waals surface area contributed by atoms with Crippen LogP contribution in [0.1, 0.15) is 29.8 Å². The number of esters is 1. The fourth-order valence-electron chi connectivity index (χ4n) is 2.37. The second-order valence-corrected chi connectivity index (χ2v) is 6.31. The van der Waals surface area contributed by atoms with Crippen molar-refractivity contribution in [2.24, 2.45) is 0 Å². The van der Waals surface area contributed by atoms with E-state index in [1.165, 1.54) is 11.0 Å². The van der Waals surface area contributed by atoms with E-state index < -0.39 is 12.0 Å². The van der Waals surface area contributed by atoms with Crippen LogP contribution >= 0.6 is 23.2 Å². The maximum absolute atomic E-state index is 13.0. The Balaban J connectivity index is 2.35. The first-order chi connectivity index (χ1) is 11.9. The molecule has 1 atom stereocenters. The largest absolute Gasteiger partial charge is 0.464 e. The number of hydrogen-bond acceptors (Lipinski definition) is 3. The Morgan fingerprint density at radius 1 is 1.12 bits per heavy atom. The molecule has 0 saturated carbocycles. The third-order valence-corrected chi connectivity index (χ3v) is 4.26. The molecule has 0 heterocycles. The molecule has 2 aromatic carbocycles. The molecule has 1 unspecified atom stereocenters. The Morgan fingerprint density at radius 2 is 1.80 bits per heavy atom. The summed E-state index contributed by atoms with van der Waals surface area (Å²) in [5, 5.41) is 0.682. The van der Waals surface area contributed by atoms with Gasteiger partial charge in [-0.25, -0.2) is 4.79 Å². The average molecular weight is 380 g/mol. The zero-order valence-electron chi connectivity index (χ0n) is 14.0. The van der Waals surface area contributed by atoms with Crippen LogP contribution in [-0.4, -0.2) is 29.4 Å². The van der Waals surface area contributed by atoms with E-state index in [0.717, 1.165) is 5.56 Å². The minimum Gasteiger partial charge on any atom is -0.464 e. The fourth-order valence-corrected chi connectivity index (χ4v) is 2.86. The fraction of sp³-hybridized carbons (Fsp3) is 0.263. The van der Waals surface area contributed by atoms with E-state index in [0.29, 0.717) is 5.02 Å². The van der Waals surface area contributed by atoms with Crippen molar-refractivity contribution >= 4 is 35.1 Å². The highest BCUT2D eigenvalue weighted by atomic mass is 35.5. The summed E-state index contributed by atoms with van der Waals surface area (Å²) in [6.45, 7) is 3.88. The van der Waals surface area contributed by atoms with Crippen molar-refractivity contribution in [1.29, 1.82) is 0 Å². The second kappa shape index (κ2) is 8.88. The molecular formula is C19H19Cl2NO3. The van der Waals surface area contributed by atoms with Crippen LogP contribution in [0.5, 0.6) is 0 Å². The maximum Gasteiger partial charge on any atom is 0.328 e. The third-order valence-electron chi connectivity index (χ3n) is 3.71. The molecule has 0 aliphatic carbocycles. The Labute approximate surface area is 157 Å². The van der Waals surface area contributed by atoms with Gasteiger partial charge in [0.25, 0.3) is 5.91 Å². The number of hydrogen-bond donors (Lipinski definition) is 0. The first kappa shape index (κ1) is 19.3. The Kier molecular flexibility index (Phi) is 6.85. The topological polar surface area (TPSA) is 46.6 Å². The number of carbonyl (C=O) groups is 2. The van der Waals surface area contributed by atoms with E-state index in [1.54, 1.807) is 26.0 Å². The molecule has 0 aromatic heterocycles. The van der Waals surface area contributed by atoms with Gasteiger partial charge >= 0.3 is 5.97 Å². The average Bonchev–Trinajstić information content (AvgIpc) is 2.59. The Morgan fingerprint density at radius 3 is 2.40 bits per heavy atom. The summed E-state index contributed by atoms with van der Waals surface area (Å²) in [5.41, 5.74) is 1.19. The van der Waals surface area contributed by atoms with Gasteiger partial charge in [0.15, 0.2) is 0 Å². The van der Waals surface area contributed by atoms with Gasteiger partial charge < -0.3 is 9.64 Å². The quantitative estimate of drug-likeness (QED) is 0.689. The van der Waals surface area contributed by atoms with Crippen LogP contribution in [0.3, 0.4) is 0 Å². The zero-order chi connectivity index (χ0) is 18.4. The maximum atomic E-state index is 13.0. The molecule has 4 nitrogen and oxygen atoms in total. The molecule has 2 rings (SSSR count). The van der Waals surface area contributed by atoms with Crippen LogP contribution in [0.15, 0.2) is 48.5 Å². The summed E-state index contributed by atoms with van der Waals surface area (Å²) in [7, 11) is 0. The molecule has 0 fully saturated rings. The normalized spacial score (nSPS) is 11.7. The van der Waals surface area contributed by atoms with Crippen LogP contribution < -0.4 is 0 Å². The number of halogens is 2. The second-order valence-electron chi connectivity index (χ2n) is 5.47. The van der Waals surface area contributed by atoms with Crippen molar-refractivity contribution in [3.63, 3.8) is 0 Å². The van der Waals surface area contributed by atoms with E-state index in [9.17, 15) is 9.59 Å². The lowest BCUT2D eigenvalue weighted by molar-refractivity contribution is -0.148. The van der Waals surface area contributed by atoms with Gasteiger partial charge in [0.1, 0.15) is 6.04 Å². The van der Waals surface area contributed by atoms with E-state index in [4.69, 9.17) is 27.9 Å². The molecule has 0 radical (unpaired) electrons. The third kappa shape index (κ3) is 4.97. The molecule has 0 spiro atoms. The van der Waals surface area contributed by atoms with Crippen LogP contribution in [-0.2, 0) is 16.1 Å². The van der Waals surface area contributed by atoms with Crippen LogP contribution in [0.4, 0.5) is 0 Å². The highest BCUT2D eigenvalue weighted by molar-refractivity contribution is 6.36. The molecule has 0 N–H and O–H groups in total. The van der Waals surface area contributed by atoms with Crippen molar-refractivity contribution in [3.8, 4) is 0 Å². The van der Waals surface area contributed by atoms with Crippen molar-refractivity contribution in [2.45, 2.75) is 26.4 Å². The van der Waals surface area contributed by atoms with E-state index in [1.807, 2.05) is 30.3 Å². The highest BCUT2D eigenvalue weighted by Gasteiger charge is 2.29. The molecule has 2 aromatic rings. The number of rotatable bonds is 6. The van der Waals surface area contributed by atoms with Gasteiger partial charge in [0, 0.05) is 11.6 Å². The number of amides is 1. The minimum atomic E-state index is -0.751. The predicted molar refractivity (Wildman–Crippen MR) is 98.9 cm³/mol. The van der Waals surface area contributed by atoms with Crippen LogP contribution in [0.2, 0.25) is 10.0 Å². The predicted octanol–water partition coefficient (Wildman–Crippen LogP) is 4.59. The number of nitrogens with zero attached hydrogens (tertiary/aromatic N) is 1. The highest BCUT2D eigenvalue weighted by Crippen LogP contribution is 2.24. The van der Waals surface area contributed by atoms with Gasteiger partial charge in [-0.05, 0) is 37.6 Å². The molecule has 6 heteroatoms. The molecule has 0 bridgehead atoms. The summed E-state index contributed by atoms with van der Waals surface area (Å²) in [5.74, 6) is -0.817. The molecule has 0 saturated heterocycles. The van der Waals surface area contributed by atoms with Crippen LogP contribution in [0.25, 0.3) is 0 Å². The number of carbonyl (C=O) groups excluding carboxylic acids is 2. The van der Waals surface area contributed by atoms with Gasteiger partial charge in [-0.15, -0.1) is 0 Å². The smallest absolute Gasteiger partial charge is 0.328 e. The van der Waals surface area contributed by atoms with Crippen molar-refractivity contribution < 1.29 is 14.3 Å².